The molecular formula is C19H22N2O5S. The molecule has 0 fully saturated rings. The monoisotopic (exact) mass is 390 g/mol. The quantitative estimate of drug-likeness (QED) is 0.733. The van der Waals surface area contributed by atoms with E-state index in [1.165, 1.54) is 33.2 Å². The number of aryl methyl sites for hydroxylation is 1. The first kappa shape index (κ1) is 20.6. The van der Waals surface area contributed by atoms with Crippen LogP contribution in [0.5, 0.6) is 5.75 Å². The minimum Gasteiger partial charge on any atom is -0.483 e. The van der Waals surface area contributed by atoms with Crippen LogP contribution in [0.2, 0.25) is 0 Å². The van der Waals surface area contributed by atoms with Crippen molar-refractivity contribution in [1.82, 2.24) is 4.31 Å². The molecule has 1 N–H and O–H groups in total. The van der Waals surface area contributed by atoms with Gasteiger partial charge >= 0.3 is 0 Å². The average molecular weight is 390 g/mol. The van der Waals surface area contributed by atoms with Crippen LogP contribution in [0, 0.1) is 6.92 Å². The number of benzene rings is 2. The standard InChI is InChI=1S/C19H22N2O5S/c1-13-9-10-15(27(24,25)21(3)4)11-17(13)20-19(23)12-26-18-8-6-5-7-16(18)14(2)22/h5-11H,12H2,1-4H3,(H,20,23). The Bertz CT molecular complexity index is 968. The second-order valence-electron chi connectivity index (χ2n) is 6.15. The molecular weight excluding hydrogens is 368 g/mol. The Hall–Kier alpha value is -2.71. The summed E-state index contributed by atoms with van der Waals surface area (Å²) in [4.78, 5) is 23.9. The highest BCUT2D eigenvalue weighted by Crippen LogP contribution is 2.22. The van der Waals surface area contributed by atoms with Crippen LogP contribution < -0.4 is 10.1 Å². The first-order chi connectivity index (χ1) is 12.6. The molecule has 0 aliphatic carbocycles. The van der Waals surface area contributed by atoms with Gasteiger partial charge in [0.05, 0.1) is 10.5 Å². The zero-order valence-electron chi connectivity index (χ0n) is 15.6. The maximum absolute atomic E-state index is 12.2. The van der Waals surface area contributed by atoms with E-state index in [4.69, 9.17) is 4.74 Å². The molecule has 0 atom stereocenters. The number of hydrogen-bond acceptors (Lipinski definition) is 5. The molecule has 7 nitrogen and oxygen atoms in total. The van der Waals surface area contributed by atoms with Crippen LogP contribution in [0.3, 0.4) is 0 Å². The van der Waals surface area contributed by atoms with Gasteiger partial charge in [0.2, 0.25) is 10.0 Å². The molecule has 0 spiro atoms. The van der Waals surface area contributed by atoms with Crippen LogP contribution in [-0.4, -0.2) is 45.1 Å². The smallest absolute Gasteiger partial charge is 0.262 e. The van der Waals surface area contributed by atoms with Gasteiger partial charge in [0, 0.05) is 19.8 Å². The van der Waals surface area contributed by atoms with Crippen molar-refractivity contribution in [1.29, 1.82) is 0 Å². The summed E-state index contributed by atoms with van der Waals surface area (Å²) in [6.45, 7) is 2.87. The second-order valence-corrected chi connectivity index (χ2v) is 8.31. The maximum Gasteiger partial charge on any atom is 0.262 e. The minimum absolute atomic E-state index is 0.0799. The lowest BCUT2D eigenvalue weighted by molar-refractivity contribution is -0.118. The van der Waals surface area contributed by atoms with Gasteiger partial charge in [-0.25, -0.2) is 12.7 Å². The predicted molar refractivity (Wildman–Crippen MR) is 103 cm³/mol. The van der Waals surface area contributed by atoms with Gasteiger partial charge in [0.25, 0.3) is 5.91 Å². The molecule has 2 rings (SSSR count). The van der Waals surface area contributed by atoms with Gasteiger partial charge in [0.15, 0.2) is 12.4 Å². The molecule has 0 heterocycles. The van der Waals surface area contributed by atoms with Gasteiger partial charge in [-0.15, -0.1) is 0 Å². The summed E-state index contributed by atoms with van der Waals surface area (Å²) >= 11 is 0. The highest BCUT2D eigenvalue weighted by Gasteiger charge is 2.19. The number of carbonyl (C=O) groups excluding carboxylic acids is 2. The van der Waals surface area contributed by atoms with Gasteiger partial charge in [-0.3, -0.25) is 9.59 Å². The highest BCUT2D eigenvalue weighted by molar-refractivity contribution is 7.89. The number of hydrogen-bond donors (Lipinski definition) is 1. The molecule has 2 aromatic rings. The largest absolute Gasteiger partial charge is 0.483 e. The van der Waals surface area contributed by atoms with Crippen molar-refractivity contribution >= 4 is 27.4 Å². The molecule has 0 saturated carbocycles. The Labute approximate surface area is 159 Å². The summed E-state index contributed by atoms with van der Waals surface area (Å²) in [5.74, 6) is -0.305. The average Bonchev–Trinajstić information content (AvgIpc) is 2.61. The fourth-order valence-electron chi connectivity index (χ4n) is 2.32. The van der Waals surface area contributed by atoms with E-state index in [0.717, 1.165) is 4.31 Å². The summed E-state index contributed by atoms with van der Waals surface area (Å²) in [5.41, 5.74) is 1.48. The van der Waals surface area contributed by atoms with Crippen LogP contribution in [0.15, 0.2) is 47.4 Å². The topological polar surface area (TPSA) is 92.8 Å². The number of anilines is 1. The molecule has 0 radical (unpaired) electrons. The number of rotatable bonds is 7. The molecule has 8 heteroatoms. The summed E-state index contributed by atoms with van der Waals surface area (Å²) in [7, 11) is -0.733. The van der Waals surface area contributed by atoms with E-state index in [0.29, 0.717) is 22.6 Å². The predicted octanol–water partition coefficient (Wildman–Crippen LogP) is 2.47. The van der Waals surface area contributed by atoms with Crippen LogP contribution in [0.4, 0.5) is 5.69 Å². The molecule has 0 saturated heterocycles. The second kappa shape index (κ2) is 8.32. The first-order valence-electron chi connectivity index (χ1n) is 8.18. The number of nitrogens with one attached hydrogen (secondary N) is 1. The molecule has 0 unspecified atom stereocenters. The minimum atomic E-state index is -3.61. The maximum atomic E-state index is 12.2. The Morgan fingerprint density at radius 1 is 1.11 bits per heavy atom. The Balaban J connectivity index is 2.14. The molecule has 2 aromatic carbocycles. The Morgan fingerprint density at radius 2 is 1.78 bits per heavy atom. The molecule has 0 bridgehead atoms. The van der Waals surface area contributed by atoms with Gasteiger partial charge in [-0.05, 0) is 43.7 Å². The lowest BCUT2D eigenvalue weighted by atomic mass is 10.1. The lowest BCUT2D eigenvalue weighted by Gasteiger charge is -2.15. The van der Waals surface area contributed by atoms with Gasteiger partial charge in [0.1, 0.15) is 5.75 Å². The number of amides is 1. The summed E-state index contributed by atoms with van der Waals surface area (Å²) in [6, 6.07) is 11.2. The van der Waals surface area contributed by atoms with E-state index < -0.39 is 15.9 Å². The van der Waals surface area contributed by atoms with Crippen LogP contribution in [0.25, 0.3) is 0 Å². The third kappa shape index (κ3) is 4.93. The molecule has 27 heavy (non-hydrogen) atoms. The van der Waals surface area contributed by atoms with Gasteiger partial charge < -0.3 is 10.1 Å². The molecule has 144 valence electrons. The summed E-state index contributed by atoms with van der Waals surface area (Å²) in [6.07, 6.45) is 0. The number of Topliss-reactive ketones (excluding diaryl/α,β-unsaturated/α-hetero) is 1. The van der Waals surface area contributed by atoms with E-state index >= 15 is 0 Å². The summed E-state index contributed by atoms with van der Waals surface area (Å²) < 4.78 is 31.1. The van der Waals surface area contributed by atoms with Crippen LogP contribution >= 0.6 is 0 Å². The van der Waals surface area contributed by atoms with Crippen molar-refractivity contribution in [3.8, 4) is 5.75 Å². The van der Waals surface area contributed by atoms with Crippen LogP contribution in [0.1, 0.15) is 22.8 Å². The van der Waals surface area contributed by atoms with Crippen molar-refractivity contribution in [2.24, 2.45) is 0 Å². The zero-order valence-corrected chi connectivity index (χ0v) is 16.5. The van der Waals surface area contributed by atoms with E-state index in [1.807, 2.05) is 0 Å². The number of ketones is 1. The Morgan fingerprint density at radius 3 is 2.41 bits per heavy atom. The van der Waals surface area contributed by atoms with E-state index in [1.54, 1.807) is 37.3 Å². The van der Waals surface area contributed by atoms with Gasteiger partial charge in [-0.2, -0.15) is 0 Å². The third-order valence-corrected chi connectivity index (χ3v) is 5.70. The Kier molecular flexibility index (Phi) is 6.35. The summed E-state index contributed by atoms with van der Waals surface area (Å²) in [5, 5.41) is 2.65. The first-order valence-corrected chi connectivity index (χ1v) is 9.62. The van der Waals surface area contributed by atoms with Crippen molar-refractivity contribution in [2.75, 3.05) is 26.0 Å². The van der Waals surface area contributed by atoms with Crippen LogP contribution in [-0.2, 0) is 14.8 Å². The zero-order chi connectivity index (χ0) is 20.2. The van der Waals surface area contributed by atoms with Crippen molar-refractivity contribution in [3.63, 3.8) is 0 Å². The number of ether oxygens (including phenoxy) is 1. The fourth-order valence-corrected chi connectivity index (χ4v) is 3.25. The van der Waals surface area contributed by atoms with E-state index in [2.05, 4.69) is 5.32 Å². The molecule has 0 aromatic heterocycles. The molecule has 0 aliphatic heterocycles. The normalized spacial score (nSPS) is 11.3. The molecule has 1 amide bonds. The van der Waals surface area contributed by atoms with Gasteiger partial charge in [-0.1, -0.05) is 18.2 Å². The van der Waals surface area contributed by atoms with E-state index in [9.17, 15) is 18.0 Å². The molecule has 0 aliphatic rings. The number of carbonyl (C=O) groups is 2. The number of sulfonamides is 1. The SMILES string of the molecule is CC(=O)c1ccccc1OCC(=O)Nc1cc(S(=O)(=O)N(C)C)ccc1C. The van der Waals surface area contributed by atoms with E-state index in [-0.39, 0.29) is 17.3 Å². The number of para-hydroxylation sites is 1. The fraction of sp³-hybridized carbons (Fsp3) is 0.263. The van der Waals surface area contributed by atoms with Crippen molar-refractivity contribution in [2.45, 2.75) is 18.7 Å². The lowest BCUT2D eigenvalue weighted by Crippen LogP contribution is -2.23. The highest BCUT2D eigenvalue weighted by atomic mass is 32.2. The van der Waals surface area contributed by atoms with Crippen molar-refractivity contribution in [3.05, 3.63) is 53.6 Å². The van der Waals surface area contributed by atoms with Crippen molar-refractivity contribution < 1.29 is 22.7 Å². The third-order valence-electron chi connectivity index (χ3n) is 3.89. The number of nitrogens with zero attached hydrogens (tertiary/aromatic N) is 1.